The predicted octanol–water partition coefficient (Wildman–Crippen LogP) is 4.36. The first kappa shape index (κ1) is 21.9. The molecule has 0 unspecified atom stereocenters. The van der Waals surface area contributed by atoms with E-state index in [9.17, 15) is 4.79 Å². The maximum absolute atomic E-state index is 13.3. The second-order valence-electron chi connectivity index (χ2n) is 10.4. The first-order valence-corrected chi connectivity index (χ1v) is 12.1. The maximum Gasteiger partial charge on any atom is 0.272 e. The van der Waals surface area contributed by atoms with Gasteiger partial charge in [-0.05, 0) is 41.2 Å². The summed E-state index contributed by atoms with van der Waals surface area (Å²) in [6.45, 7) is 9.58. The number of hydrogen-bond donors (Lipinski definition) is 0. The topological polar surface area (TPSA) is 41.4 Å². The number of nitrogens with zero attached hydrogens (tertiary/aromatic N) is 4. The third kappa shape index (κ3) is 4.10. The zero-order chi connectivity index (χ0) is 23.2. The summed E-state index contributed by atoms with van der Waals surface area (Å²) in [4.78, 5) is 17.9. The lowest BCUT2D eigenvalue weighted by Gasteiger charge is -2.40. The van der Waals surface area contributed by atoms with Gasteiger partial charge in [-0.1, -0.05) is 69.3 Å². The van der Waals surface area contributed by atoms with Crippen molar-refractivity contribution in [3.63, 3.8) is 0 Å². The lowest BCUT2D eigenvalue weighted by atomic mass is 9.92. The van der Waals surface area contributed by atoms with Crippen LogP contribution in [0.1, 0.15) is 65.2 Å². The fraction of sp³-hybridized carbons (Fsp3) is 0.429. The molecule has 3 aromatic rings. The monoisotopic (exact) mass is 442 g/mol. The van der Waals surface area contributed by atoms with Crippen LogP contribution in [0.4, 0.5) is 0 Å². The molecule has 5 heteroatoms. The van der Waals surface area contributed by atoms with E-state index < -0.39 is 0 Å². The summed E-state index contributed by atoms with van der Waals surface area (Å²) in [5.41, 5.74) is 7.29. The molecule has 1 aliphatic heterocycles. The van der Waals surface area contributed by atoms with Crippen LogP contribution >= 0.6 is 0 Å². The molecule has 5 rings (SSSR count). The molecular weight excluding hydrogens is 408 g/mol. The minimum Gasteiger partial charge on any atom is -0.335 e. The number of amides is 1. The second kappa shape index (κ2) is 8.45. The normalized spacial score (nSPS) is 17.4. The number of rotatable bonds is 2. The highest BCUT2D eigenvalue weighted by molar-refractivity contribution is 5.92. The van der Waals surface area contributed by atoms with Crippen LogP contribution in [0.15, 0.2) is 54.6 Å². The number of carbonyl (C=O) groups is 1. The van der Waals surface area contributed by atoms with Crippen molar-refractivity contribution < 1.29 is 4.79 Å². The highest BCUT2D eigenvalue weighted by Gasteiger charge is 2.33. The first-order valence-electron chi connectivity index (χ1n) is 12.1. The smallest absolute Gasteiger partial charge is 0.272 e. The Morgan fingerprint density at radius 1 is 0.879 bits per heavy atom. The average Bonchev–Trinajstić information content (AvgIpc) is 3.13. The molecule has 2 aromatic carbocycles. The van der Waals surface area contributed by atoms with Crippen LogP contribution < -0.4 is 0 Å². The standard InChI is InChI=1S/C28H34N4O/c1-28(2,3)25-19-24(30(4)29-25)27(33)32-17-15-31(16-18-32)26-22-11-7-5-9-20(22)13-14-21-10-6-8-12-23(21)26/h5-12,19,26H,13-18H2,1-4H3. The molecule has 5 nitrogen and oxygen atoms in total. The quantitative estimate of drug-likeness (QED) is 0.592. The Hall–Kier alpha value is -2.92. The second-order valence-corrected chi connectivity index (χ2v) is 10.4. The van der Waals surface area contributed by atoms with Crippen molar-refractivity contribution in [1.29, 1.82) is 0 Å². The summed E-state index contributed by atoms with van der Waals surface area (Å²) in [6.07, 6.45) is 2.16. The summed E-state index contributed by atoms with van der Waals surface area (Å²) in [5.74, 6) is 0.0850. The van der Waals surface area contributed by atoms with Gasteiger partial charge < -0.3 is 4.90 Å². The van der Waals surface area contributed by atoms with Crippen molar-refractivity contribution in [1.82, 2.24) is 19.6 Å². The van der Waals surface area contributed by atoms with Crippen molar-refractivity contribution >= 4 is 5.91 Å². The zero-order valence-electron chi connectivity index (χ0n) is 20.2. The third-order valence-corrected chi connectivity index (χ3v) is 7.20. The highest BCUT2D eigenvalue weighted by Crippen LogP contribution is 2.37. The van der Waals surface area contributed by atoms with Crippen LogP contribution in [-0.2, 0) is 25.3 Å². The summed E-state index contributed by atoms with van der Waals surface area (Å²) < 4.78 is 1.74. The number of piperazine rings is 1. The van der Waals surface area contributed by atoms with Crippen molar-refractivity contribution in [3.05, 3.63) is 88.2 Å². The SMILES string of the molecule is Cn1nc(C(C)(C)C)cc1C(=O)N1CCN(C2c3ccccc3CCc3ccccc32)CC1. The zero-order valence-corrected chi connectivity index (χ0v) is 20.2. The van der Waals surface area contributed by atoms with Gasteiger partial charge in [0.15, 0.2) is 0 Å². The first-order chi connectivity index (χ1) is 15.8. The van der Waals surface area contributed by atoms with Gasteiger partial charge in [0.05, 0.1) is 11.7 Å². The van der Waals surface area contributed by atoms with Crippen LogP contribution in [0.25, 0.3) is 0 Å². The number of fused-ring (bicyclic) bond motifs is 2. The van der Waals surface area contributed by atoms with Gasteiger partial charge in [0.25, 0.3) is 5.91 Å². The number of carbonyl (C=O) groups excluding carboxylic acids is 1. The van der Waals surface area contributed by atoms with Crippen LogP contribution in [-0.4, -0.2) is 51.7 Å². The van der Waals surface area contributed by atoms with E-state index in [-0.39, 0.29) is 17.4 Å². The lowest BCUT2D eigenvalue weighted by Crippen LogP contribution is -2.50. The third-order valence-electron chi connectivity index (χ3n) is 7.20. The van der Waals surface area contributed by atoms with Crippen LogP contribution in [0.3, 0.4) is 0 Å². The van der Waals surface area contributed by atoms with Gasteiger partial charge in [-0.3, -0.25) is 14.4 Å². The van der Waals surface area contributed by atoms with Crippen molar-refractivity contribution in [3.8, 4) is 0 Å². The van der Waals surface area contributed by atoms with E-state index >= 15 is 0 Å². The molecule has 33 heavy (non-hydrogen) atoms. The molecule has 172 valence electrons. The molecule has 0 spiro atoms. The van der Waals surface area contributed by atoms with Crippen LogP contribution in [0.2, 0.25) is 0 Å². The van der Waals surface area contributed by atoms with Gasteiger partial charge in [-0.25, -0.2) is 0 Å². The molecule has 1 saturated heterocycles. The number of benzene rings is 2. The van der Waals surface area contributed by atoms with Gasteiger partial charge in [0.1, 0.15) is 5.69 Å². The molecule has 0 atom stereocenters. The van der Waals surface area contributed by atoms with Gasteiger partial charge in [0.2, 0.25) is 0 Å². The summed E-state index contributed by atoms with van der Waals surface area (Å²) >= 11 is 0. The molecular formula is C28H34N4O. The Morgan fingerprint density at radius 3 is 1.94 bits per heavy atom. The van der Waals surface area contributed by atoms with E-state index in [4.69, 9.17) is 0 Å². The molecule has 1 amide bonds. The molecule has 0 N–H and O–H groups in total. The molecule has 1 fully saturated rings. The highest BCUT2D eigenvalue weighted by atomic mass is 16.2. The molecule has 0 radical (unpaired) electrons. The number of aromatic nitrogens is 2. The molecule has 1 aromatic heterocycles. The molecule has 0 bridgehead atoms. The minimum atomic E-state index is -0.0741. The van der Waals surface area contributed by atoms with E-state index in [1.807, 2.05) is 18.0 Å². The van der Waals surface area contributed by atoms with Crippen molar-refractivity contribution in [2.24, 2.45) is 7.05 Å². The van der Waals surface area contributed by atoms with E-state index in [1.54, 1.807) is 4.68 Å². The van der Waals surface area contributed by atoms with E-state index in [2.05, 4.69) is 79.3 Å². The van der Waals surface area contributed by atoms with Crippen LogP contribution in [0.5, 0.6) is 0 Å². The van der Waals surface area contributed by atoms with E-state index in [0.29, 0.717) is 5.69 Å². The molecule has 1 aliphatic carbocycles. The number of aryl methyl sites for hydroxylation is 3. The van der Waals surface area contributed by atoms with Gasteiger partial charge in [-0.15, -0.1) is 0 Å². The predicted molar refractivity (Wildman–Crippen MR) is 132 cm³/mol. The fourth-order valence-corrected chi connectivity index (χ4v) is 5.27. The molecule has 0 saturated carbocycles. The number of hydrogen-bond acceptors (Lipinski definition) is 3. The largest absolute Gasteiger partial charge is 0.335 e. The maximum atomic E-state index is 13.3. The lowest BCUT2D eigenvalue weighted by molar-refractivity contribution is 0.0586. The van der Waals surface area contributed by atoms with Crippen LogP contribution in [0, 0.1) is 0 Å². The van der Waals surface area contributed by atoms with Crippen molar-refractivity contribution in [2.45, 2.75) is 45.1 Å². The Labute approximate surface area is 197 Å². The summed E-state index contributed by atoms with van der Waals surface area (Å²) in [6, 6.07) is 20.0. The minimum absolute atomic E-state index is 0.0741. The Balaban J connectivity index is 1.38. The van der Waals surface area contributed by atoms with Gasteiger partial charge >= 0.3 is 0 Å². The van der Waals surface area contributed by atoms with E-state index in [1.165, 1.54) is 22.3 Å². The van der Waals surface area contributed by atoms with Crippen molar-refractivity contribution in [2.75, 3.05) is 26.2 Å². The van der Waals surface area contributed by atoms with E-state index in [0.717, 1.165) is 44.7 Å². The summed E-state index contributed by atoms with van der Waals surface area (Å²) in [7, 11) is 1.87. The Bertz CT molecular complexity index is 1120. The Kier molecular flexibility index (Phi) is 5.61. The van der Waals surface area contributed by atoms with Gasteiger partial charge in [-0.2, -0.15) is 5.10 Å². The Morgan fingerprint density at radius 2 is 1.42 bits per heavy atom. The average molecular weight is 443 g/mol. The van der Waals surface area contributed by atoms with Gasteiger partial charge in [0, 0.05) is 38.6 Å². The fourth-order valence-electron chi connectivity index (χ4n) is 5.27. The molecule has 2 aliphatic rings. The molecule has 2 heterocycles. The summed E-state index contributed by atoms with van der Waals surface area (Å²) in [5, 5.41) is 4.61.